The molecule has 0 saturated carbocycles. The van der Waals surface area contributed by atoms with Crippen molar-refractivity contribution in [2.24, 2.45) is 0 Å². The van der Waals surface area contributed by atoms with Gasteiger partial charge in [0, 0.05) is 23.0 Å². The van der Waals surface area contributed by atoms with Gasteiger partial charge in [-0.05, 0) is 26.0 Å². The summed E-state index contributed by atoms with van der Waals surface area (Å²) >= 11 is 0. The third kappa shape index (κ3) is 2.88. The molecule has 1 N–H and O–H groups in total. The Kier molecular flexibility index (Phi) is 3.75. The van der Waals surface area contributed by atoms with Gasteiger partial charge in [-0.25, -0.2) is 9.97 Å². The summed E-state index contributed by atoms with van der Waals surface area (Å²) in [5.41, 5.74) is 2.63. The fraction of sp³-hybridized carbons (Fsp3) is 0.214. The molecule has 0 aliphatic heterocycles. The number of rotatable bonds is 3. The molecule has 1 amide bonds. The SMILES string of the molecule is COc1cccc(NC(=O)c2ncnc(C)c2C)c1. The van der Waals surface area contributed by atoms with Gasteiger partial charge < -0.3 is 10.1 Å². The minimum absolute atomic E-state index is 0.253. The molecule has 0 bridgehead atoms. The van der Waals surface area contributed by atoms with E-state index in [1.54, 1.807) is 19.2 Å². The number of benzene rings is 1. The first-order valence-electron chi connectivity index (χ1n) is 5.85. The normalized spacial score (nSPS) is 10.1. The van der Waals surface area contributed by atoms with Gasteiger partial charge in [0.05, 0.1) is 7.11 Å². The lowest BCUT2D eigenvalue weighted by Gasteiger charge is -2.08. The average molecular weight is 257 g/mol. The van der Waals surface area contributed by atoms with Crippen LogP contribution in [0.25, 0.3) is 0 Å². The van der Waals surface area contributed by atoms with Gasteiger partial charge in [-0.15, -0.1) is 0 Å². The number of hydrogen-bond acceptors (Lipinski definition) is 4. The molecular weight excluding hydrogens is 242 g/mol. The van der Waals surface area contributed by atoms with Crippen LogP contribution in [0.3, 0.4) is 0 Å². The van der Waals surface area contributed by atoms with Crippen LogP contribution in [-0.4, -0.2) is 23.0 Å². The summed E-state index contributed by atoms with van der Waals surface area (Å²) in [6, 6.07) is 7.17. The summed E-state index contributed by atoms with van der Waals surface area (Å²) < 4.78 is 5.11. The zero-order valence-corrected chi connectivity index (χ0v) is 11.1. The molecule has 0 fully saturated rings. The van der Waals surface area contributed by atoms with Gasteiger partial charge in [-0.2, -0.15) is 0 Å². The van der Waals surface area contributed by atoms with E-state index in [0.29, 0.717) is 17.1 Å². The molecule has 0 saturated heterocycles. The Labute approximate surface area is 111 Å². The van der Waals surface area contributed by atoms with Gasteiger partial charge in [0.1, 0.15) is 17.8 Å². The van der Waals surface area contributed by atoms with Crippen molar-refractivity contribution in [3.8, 4) is 5.75 Å². The number of carbonyl (C=O) groups is 1. The zero-order chi connectivity index (χ0) is 13.8. The summed E-state index contributed by atoms with van der Waals surface area (Å²) in [5.74, 6) is 0.435. The number of ether oxygens (including phenoxy) is 1. The Balaban J connectivity index is 2.23. The topological polar surface area (TPSA) is 64.1 Å². The molecule has 1 aromatic heterocycles. The van der Waals surface area contributed by atoms with Gasteiger partial charge in [-0.3, -0.25) is 4.79 Å². The van der Waals surface area contributed by atoms with Crippen molar-refractivity contribution in [3.63, 3.8) is 0 Å². The Morgan fingerprint density at radius 1 is 1.26 bits per heavy atom. The number of methoxy groups -OCH3 is 1. The average Bonchev–Trinajstić information content (AvgIpc) is 2.42. The highest BCUT2D eigenvalue weighted by molar-refractivity contribution is 6.03. The second-order valence-electron chi connectivity index (χ2n) is 4.12. The van der Waals surface area contributed by atoms with Crippen molar-refractivity contribution >= 4 is 11.6 Å². The lowest BCUT2D eigenvalue weighted by atomic mass is 10.2. The predicted molar refractivity (Wildman–Crippen MR) is 72.5 cm³/mol. The number of nitrogens with zero attached hydrogens (tertiary/aromatic N) is 2. The molecule has 0 radical (unpaired) electrons. The first-order chi connectivity index (χ1) is 9.11. The van der Waals surface area contributed by atoms with Gasteiger partial charge in [-0.1, -0.05) is 6.07 Å². The summed E-state index contributed by atoms with van der Waals surface area (Å²) in [6.07, 6.45) is 1.39. The van der Waals surface area contributed by atoms with E-state index in [1.165, 1.54) is 6.33 Å². The maximum atomic E-state index is 12.1. The Morgan fingerprint density at radius 2 is 2.05 bits per heavy atom. The molecule has 0 unspecified atom stereocenters. The Morgan fingerprint density at radius 3 is 2.79 bits per heavy atom. The smallest absolute Gasteiger partial charge is 0.274 e. The van der Waals surface area contributed by atoms with Crippen LogP contribution in [0.5, 0.6) is 5.75 Å². The van der Waals surface area contributed by atoms with Gasteiger partial charge in [0.15, 0.2) is 0 Å². The van der Waals surface area contributed by atoms with Crippen molar-refractivity contribution in [2.75, 3.05) is 12.4 Å². The van der Waals surface area contributed by atoms with E-state index in [2.05, 4.69) is 15.3 Å². The highest BCUT2D eigenvalue weighted by atomic mass is 16.5. The van der Waals surface area contributed by atoms with Crippen molar-refractivity contribution in [1.82, 2.24) is 9.97 Å². The minimum Gasteiger partial charge on any atom is -0.497 e. The number of amides is 1. The molecule has 0 aliphatic carbocycles. The van der Waals surface area contributed by atoms with Crippen LogP contribution in [0.15, 0.2) is 30.6 Å². The number of nitrogens with one attached hydrogen (secondary N) is 1. The van der Waals surface area contributed by atoms with Crippen LogP contribution in [-0.2, 0) is 0 Å². The van der Waals surface area contributed by atoms with E-state index in [9.17, 15) is 4.79 Å². The summed E-state index contributed by atoms with van der Waals surface area (Å²) in [7, 11) is 1.58. The maximum absolute atomic E-state index is 12.1. The summed E-state index contributed by atoms with van der Waals surface area (Å²) in [5, 5.41) is 2.79. The lowest BCUT2D eigenvalue weighted by Crippen LogP contribution is -2.16. The van der Waals surface area contributed by atoms with Gasteiger partial charge >= 0.3 is 0 Å². The van der Waals surface area contributed by atoms with Crippen molar-refractivity contribution in [2.45, 2.75) is 13.8 Å². The number of aromatic nitrogens is 2. The lowest BCUT2D eigenvalue weighted by molar-refractivity contribution is 0.102. The molecule has 5 nitrogen and oxygen atoms in total. The van der Waals surface area contributed by atoms with Crippen molar-refractivity contribution in [1.29, 1.82) is 0 Å². The highest BCUT2D eigenvalue weighted by Gasteiger charge is 2.13. The molecule has 5 heteroatoms. The van der Waals surface area contributed by atoms with E-state index in [4.69, 9.17) is 4.74 Å². The summed E-state index contributed by atoms with van der Waals surface area (Å²) in [4.78, 5) is 20.2. The molecular formula is C14H15N3O2. The first-order valence-corrected chi connectivity index (χ1v) is 5.85. The van der Waals surface area contributed by atoms with Crippen LogP contribution in [0.4, 0.5) is 5.69 Å². The summed E-state index contributed by atoms with van der Waals surface area (Å²) in [6.45, 7) is 3.68. The quantitative estimate of drug-likeness (QED) is 0.916. The maximum Gasteiger partial charge on any atom is 0.274 e. The monoisotopic (exact) mass is 257 g/mol. The second kappa shape index (κ2) is 5.48. The van der Waals surface area contributed by atoms with Gasteiger partial charge in [0.2, 0.25) is 0 Å². The third-order valence-electron chi connectivity index (χ3n) is 2.88. The van der Waals surface area contributed by atoms with E-state index >= 15 is 0 Å². The number of carbonyl (C=O) groups excluding carboxylic acids is 1. The second-order valence-corrected chi connectivity index (χ2v) is 4.12. The molecule has 0 spiro atoms. The highest BCUT2D eigenvalue weighted by Crippen LogP contribution is 2.18. The molecule has 2 aromatic rings. The molecule has 19 heavy (non-hydrogen) atoms. The molecule has 0 atom stereocenters. The van der Waals surface area contributed by atoms with E-state index in [0.717, 1.165) is 11.3 Å². The van der Waals surface area contributed by atoms with E-state index in [1.807, 2.05) is 26.0 Å². The molecule has 2 rings (SSSR count). The number of anilines is 1. The van der Waals surface area contributed by atoms with Crippen LogP contribution in [0.1, 0.15) is 21.7 Å². The van der Waals surface area contributed by atoms with Crippen LogP contribution >= 0.6 is 0 Å². The number of aryl methyl sites for hydroxylation is 1. The van der Waals surface area contributed by atoms with Gasteiger partial charge in [0.25, 0.3) is 5.91 Å². The standard InChI is InChI=1S/C14H15N3O2/c1-9-10(2)15-8-16-13(9)14(18)17-11-5-4-6-12(7-11)19-3/h4-8H,1-3H3,(H,17,18). The minimum atomic E-state index is -0.253. The fourth-order valence-corrected chi connectivity index (χ4v) is 1.66. The zero-order valence-electron chi connectivity index (χ0n) is 11.1. The van der Waals surface area contributed by atoms with Crippen LogP contribution in [0.2, 0.25) is 0 Å². The largest absolute Gasteiger partial charge is 0.497 e. The fourth-order valence-electron chi connectivity index (χ4n) is 1.66. The molecule has 98 valence electrons. The molecule has 1 aromatic carbocycles. The van der Waals surface area contributed by atoms with E-state index in [-0.39, 0.29) is 5.91 Å². The number of hydrogen-bond donors (Lipinski definition) is 1. The predicted octanol–water partition coefficient (Wildman–Crippen LogP) is 2.35. The Hall–Kier alpha value is -2.43. The van der Waals surface area contributed by atoms with Crippen LogP contribution < -0.4 is 10.1 Å². The Bertz CT molecular complexity index is 611. The van der Waals surface area contributed by atoms with Crippen LogP contribution in [0, 0.1) is 13.8 Å². The first kappa shape index (κ1) is 13.0. The third-order valence-corrected chi connectivity index (χ3v) is 2.88. The van der Waals surface area contributed by atoms with E-state index < -0.39 is 0 Å². The van der Waals surface area contributed by atoms with Crippen molar-refractivity contribution < 1.29 is 9.53 Å². The molecule has 1 heterocycles. The van der Waals surface area contributed by atoms with Crippen molar-refractivity contribution in [3.05, 3.63) is 47.5 Å². The molecule has 0 aliphatic rings.